The summed E-state index contributed by atoms with van der Waals surface area (Å²) in [5.74, 6) is 0. The van der Waals surface area contributed by atoms with Crippen molar-refractivity contribution in [2.75, 3.05) is 11.5 Å². The van der Waals surface area contributed by atoms with Crippen molar-refractivity contribution in [2.24, 2.45) is 0 Å². The molecule has 0 aromatic heterocycles. The van der Waals surface area contributed by atoms with Crippen molar-refractivity contribution in [3.05, 3.63) is 129 Å². The van der Waals surface area contributed by atoms with E-state index in [9.17, 15) is 0 Å². The maximum atomic E-state index is 6.19. The summed E-state index contributed by atoms with van der Waals surface area (Å²) in [4.78, 5) is 0. The van der Waals surface area contributed by atoms with Gasteiger partial charge in [0.2, 0.25) is 0 Å². The van der Waals surface area contributed by atoms with Gasteiger partial charge in [-0.3, -0.25) is 0 Å². The first-order valence-corrected chi connectivity index (χ1v) is 16.4. The van der Waals surface area contributed by atoms with Crippen LogP contribution >= 0.6 is 0 Å². The number of anilines is 2. The molecule has 0 spiro atoms. The van der Waals surface area contributed by atoms with Crippen LogP contribution in [-0.2, 0) is 38.5 Å². The lowest BCUT2D eigenvalue weighted by Gasteiger charge is -2.10. The largest absolute Gasteiger partial charge is 0.399 e. The molecule has 0 saturated heterocycles. The number of rotatable bonds is 17. The highest BCUT2D eigenvalue weighted by molar-refractivity contribution is 5.50. The molecular weight excluding hydrogens is 508 g/mol. The molecule has 0 heterocycles. The zero-order valence-electron chi connectivity index (χ0n) is 26.1. The molecule has 4 aromatic rings. The lowest BCUT2D eigenvalue weighted by molar-refractivity contribution is 0.640. The van der Waals surface area contributed by atoms with E-state index in [1.807, 2.05) is 0 Å². The minimum atomic E-state index is 0.932. The Hall–Kier alpha value is -3.52. The van der Waals surface area contributed by atoms with Crippen LogP contribution in [0.25, 0.3) is 0 Å². The Morgan fingerprint density at radius 3 is 1.12 bits per heavy atom. The summed E-state index contributed by atoms with van der Waals surface area (Å²) in [6.07, 6.45) is 16.3. The van der Waals surface area contributed by atoms with Crippen molar-refractivity contribution >= 4 is 11.4 Å². The number of benzene rings is 4. The van der Waals surface area contributed by atoms with E-state index >= 15 is 0 Å². The molecule has 0 amide bonds. The summed E-state index contributed by atoms with van der Waals surface area (Å²) < 4.78 is 0. The summed E-state index contributed by atoms with van der Waals surface area (Å²) in [5, 5.41) is 0. The second-order valence-corrected chi connectivity index (χ2v) is 12.2. The van der Waals surface area contributed by atoms with Crippen molar-refractivity contribution < 1.29 is 0 Å². The average Bonchev–Trinajstić information content (AvgIpc) is 3.01. The molecule has 42 heavy (non-hydrogen) atoms. The van der Waals surface area contributed by atoms with Gasteiger partial charge >= 0.3 is 0 Å². The van der Waals surface area contributed by atoms with Gasteiger partial charge in [0.1, 0.15) is 0 Å². The molecule has 0 aliphatic carbocycles. The molecule has 4 N–H and O–H groups in total. The number of nitrogen functional groups attached to an aromatic ring is 2. The van der Waals surface area contributed by atoms with Crippen LogP contribution < -0.4 is 11.5 Å². The first-order chi connectivity index (χ1) is 20.5. The van der Waals surface area contributed by atoms with Gasteiger partial charge in [-0.25, -0.2) is 0 Å². The minimum Gasteiger partial charge on any atom is -0.399 e. The van der Waals surface area contributed by atoms with Crippen LogP contribution in [0.4, 0.5) is 11.4 Å². The molecule has 0 bridgehead atoms. The second-order valence-electron chi connectivity index (χ2n) is 12.2. The van der Waals surface area contributed by atoms with Gasteiger partial charge in [-0.2, -0.15) is 0 Å². The molecular formula is C40H52N2. The summed E-state index contributed by atoms with van der Waals surface area (Å²) in [5.41, 5.74) is 25.2. The van der Waals surface area contributed by atoms with Gasteiger partial charge in [0, 0.05) is 11.4 Å². The number of unbranched alkanes of at least 4 members (excludes halogenated alkanes) is 5. The molecule has 0 atom stereocenters. The SMILES string of the molecule is CCCCc1cc(Cc2ccc(CCCCCCc3ccc(Cc4ccc(N)c(CCCC)c4)cc3)cc2)ccc1N. The van der Waals surface area contributed by atoms with Gasteiger partial charge < -0.3 is 11.5 Å². The highest BCUT2D eigenvalue weighted by Crippen LogP contribution is 2.21. The van der Waals surface area contributed by atoms with Crippen molar-refractivity contribution in [3.63, 3.8) is 0 Å². The Morgan fingerprint density at radius 1 is 0.381 bits per heavy atom. The zero-order valence-corrected chi connectivity index (χ0v) is 26.1. The van der Waals surface area contributed by atoms with E-state index in [-0.39, 0.29) is 0 Å². The van der Waals surface area contributed by atoms with Crippen LogP contribution in [0.5, 0.6) is 0 Å². The zero-order chi connectivity index (χ0) is 29.6. The predicted octanol–water partition coefficient (Wildman–Crippen LogP) is 10.1. The second kappa shape index (κ2) is 16.8. The van der Waals surface area contributed by atoms with E-state index in [4.69, 9.17) is 11.5 Å². The first kappa shape index (κ1) is 31.4. The molecule has 222 valence electrons. The van der Waals surface area contributed by atoms with Crippen molar-refractivity contribution in [3.8, 4) is 0 Å². The Labute approximate surface area is 255 Å². The summed E-state index contributed by atoms with van der Waals surface area (Å²) in [6, 6.07) is 31.6. The van der Waals surface area contributed by atoms with Gasteiger partial charge in [0.15, 0.2) is 0 Å². The average molecular weight is 561 g/mol. The first-order valence-electron chi connectivity index (χ1n) is 16.4. The smallest absolute Gasteiger partial charge is 0.0346 e. The molecule has 0 unspecified atom stereocenters. The summed E-state index contributed by atoms with van der Waals surface area (Å²) in [7, 11) is 0. The lowest BCUT2D eigenvalue weighted by atomic mass is 9.97. The highest BCUT2D eigenvalue weighted by Gasteiger charge is 2.05. The number of nitrogens with two attached hydrogens (primary N) is 2. The van der Waals surface area contributed by atoms with Crippen LogP contribution in [0.15, 0.2) is 84.9 Å². The Balaban J connectivity index is 1.13. The number of hydrogen-bond donors (Lipinski definition) is 2. The molecule has 2 heteroatoms. The fourth-order valence-electron chi connectivity index (χ4n) is 5.84. The maximum Gasteiger partial charge on any atom is 0.0346 e. The van der Waals surface area contributed by atoms with Gasteiger partial charge in [-0.15, -0.1) is 0 Å². The van der Waals surface area contributed by atoms with Crippen LogP contribution in [0.3, 0.4) is 0 Å². The molecule has 2 nitrogen and oxygen atoms in total. The molecule has 0 aliphatic heterocycles. The topological polar surface area (TPSA) is 52.0 Å². The highest BCUT2D eigenvalue weighted by atomic mass is 14.6. The van der Waals surface area contributed by atoms with Gasteiger partial charge in [0.05, 0.1) is 0 Å². The van der Waals surface area contributed by atoms with Gasteiger partial charge in [-0.05, 0) is 121 Å². The van der Waals surface area contributed by atoms with Crippen molar-refractivity contribution in [1.82, 2.24) is 0 Å². The van der Waals surface area contributed by atoms with Crippen molar-refractivity contribution in [1.29, 1.82) is 0 Å². The van der Waals surface area contributed by atoms with Crippen LogP contribution in [0.2, 0.25) is 0 Å². The predicted molar refractivity (Wildman–Crippen MR) is 183 cm³/mol. The van der Waals surface area contributed by atoms with E-state index < -0.39 is 0 Å². The van der Waals surface area contributed by atoms with E-state index in [1.165, 1.54) is 109 Å². The minimum absolute atomic E-state index is 0.932. The van der Waals surface area contributed by atoms with Crippen LogP contribution in [-0.4, -0.2) is 0 Å². The van der Waals surface area contributed by atoms with Crippen LogP contribution in [0.1, 0.15) is 110 Å². The monoisotopic (exact) mass is 560 g/mol. The van der Waals surface area contributed by atoms with Gasteiger partial charge in [0.25, 0.3) is 0 Å². The van der Waals surface area contributed by atoms with E-state index in [0.29, 0.717) is 0 Å². The number of aryl methyl sites for hydroxylation is 4. The van der Waals surface area contributed by atoms with E-state index in [1.54, 1.807) is 0 Å². The third kappa shape index (κ3) is 10.1. The normalized spacial score (nSPS) is 11.2. The van der Waals surface area contributed by atoms with Crippen LogP contribution in [0, 0.1) is 0 Å². The molecule has 4 rings (SSSR count). The Kier molecular flexibility index (Phi) is 12.6. The van der Waals surface area contributed by atoms with Crippen molar-refractivity contribution in [2.45, 2.75) is 104 Å². The standard InChI is InChI=1S/C40H52N2/c1-3-5-13-37-29-35(23-25-39(37)41)27-33-19-15-31(16-20-33)11-9-7-8-10-12-32-17-21-34(22-18-32)28-36-24-26-40(42)38(30-36)14-6-4-2/h15-26,29-30H,3-14,27-28,41-42H2,1-2H3. The molecule has 0 aliphatic rings. The number of hydrogen-bond acceptors (Lipinski definition) is 2. The third-order valence-corrected chi connectivity index (χ3v) is 8.56. The fourth-order valence-corrected chi connectivity index (χ4v) is 5.84. The summed E-state index contributed by atoms with van der Waals surface area (Å²) >= 11 is 0. The Morgan fingerprint density at radius 2 is 0.738 bits per heavy atom. The molecule has 0 radical (unpaired) electrons. The maximum absolute atomic E-state index is 6.19. The quantitative estimate of drug-likeness (QED) is 0.0997. The molecule has 4 aromatic carbocycles. The summed E-state index contributed by atoms with van der Waals surface area (Å²) in [6.45, 7) is 4.46. The fraction of sp³-hybridized carbons (Fsp3) is 0.400. The van der Waals surface area contributed by atoms with Gasteiger partial charge in [-0.1, -0.05) is 112 Å². The lowest BCUT2D eigenvalue weighted by Crippen LogP contribution is -1.98. The molecule has 0 fully saturated rings. The van der Waals surface area contributed by atoms with E-state index in [2.05, 4.69) is 98.8 Å². The Bertz CT molecular complexity index is 1240. The molecule has 0 saturated carbocycles. The third-order valence-electron chi connectivity index (χ3n) is 8.56. The van der Waals surface area contributed by atoms with E-state index in [0.717, 1.165) is 37.1 Å².